The summed E-state index contributed by atoms with van der Waals surface area (Å²) in [7, 11) is 0.730. The van der Waals surface area contributed by atoms with E-state index >= 15 is 0 Å². The monoisotopic (exact) mass is 874 g/mol. The summed E-state index contributed by atoms with van der Waals surface area (Å²) >= 11 is 0. The van der Waals surface area contributed by atoms with Crippen LogP contribution < -0.4 is 16.2 Å². The zero-order valence-electron chi connectivity index (χ0n) is 38.8. The first-order chi connectivity index (χ1) is 33.1. The molecule has 4 heterocycles. The van der Waals surface area contributed by atoms with Crippen molar-refractivity contribution in [1.82, 2.24) is 4.57 Å². The van der Waals surface area contributed by atoms with E-state index in [1.165, 1.54) is 66.2 Å². The normalized spacial score (nSPS) is 13.6. The number of hydrogen-bond acceptors (Lipinski definition) is 3. The Morgan fingerprint density at radius 3 is 2.03 bits per heavy atom. The van der Waals surface area contributed by atoms with Gasteiger partial charge in [0.1, 0.15) is 22.5 Å². The highest BCUT2D eigenvalue weighted by atomic mass is 16.3. The van der Waals surface area contributed by atoms with Gasteiger partial charge in [0.15, 0.2) is 7.28 Å². The smallest absolute Gasteiger partial charge is 0.198 e. The molecule has 14 rings (SSSR count). The summed E-state index contributed by atoms with van der Waals surface area (Å²) in [5.41, 5.74) is 23.1. The van der Waals surface area contributed by atoms with Gasteiger partial charge in [-0.3, -0.25) is 0 Å². The minimum atomic E-state index is -0.159. The highest BCUT2D eigenvalue weighted by Gasteiger charge is 2.37. The number of benzene rings is 9. The lowest BCUT2D eigenvalue weighted by atomic mass is 9.59. The molecule has 0 bridgehead atoms. The van der Waals surface area contributed by atoms with Crippen LogP contribution in [0.4, 0.5) is 11.4 Å². The van der Waals surface area contributed by atoms with Crippen molar-refractivity contribution in [1.29, 1.82) is 0 Å². The first kappa shape index (κ1) is 39.2. The Morgan fingerprint density at radius 2 is 1.24 bits per heavy atom. The van der Waals surface area contributed by atoms with Crippen LogP contribution in [0.25, 0.3) is 105 Å². The van der Waals surface area contributed by atoms with E-state index in [1.807, 2.05) is 0 Å². The fourth-order valence-electron chi connectivity index (χ4n) is 11.8. The number of aromatic nitrogens is 1. The lowest BCUT2D eigenvalue weighted by Gasteiger charge is -2.26. The van der Waals surface area contributed by atoms with Gasteiger partial charge in [-0.1, -0.05) is 167 Å². The van der Waals surface area contributed by atoms with Crippen LogP contribution in [0, 0.1) is 0 Å². The molecule has 3 aromatic heterocycles. The Hall–Kier alpha value is -8.02. The average Bonchev–Trinajstić information content (AvgIpc) is 4.07. The summed E-state index contributed by atoms with van der Waals surface area (Å²) in [5, 5.41) is 9.79. The van der Waals surface area contributed by atoms with Gasteiger partial charge in [-0.25, -0.2) is 0 Å². The summed E-state index contributed by atoms with van der Waals surface area (Å²) in [6, 6.07) is 66.6. The molecule has 0 unspecified atom stereocenters. The molecule has 0 saturated carbocycles. The average molecular weight is 875 g/mol. The maximum absolute atomic E-state index is 7.03. The zero-order chi connectivity index (χ0) is 45.6. The van der Waals surface area contributed by atoms with Crippen molar-refractivity contribution >= 4 is 84.3 Å². The Kier molecular flexibility index (Phi) is 8.07. The first-order valence-corrected chi connectivity index (χ1v) is 23.9. The van der Waals surface area contributed by atoms with Crippen LogP contribution in [0.3, 0.4) is 0 Å². The minimum Gasteiger partial charge on any atom is -0.456 e. The van der Waals surface area contributed by atoms with E-state index in [0.717, 1.165) is 85.2 Å². The molecule has 324 valence electrons. The Bertz CT molecular complexity index is 4070. The van der Waals surface area contributed by atoms with Crippen molar-refractivity contribution in [3.63, 3.8) is 0 Å². The third-order valence-corrected chi connectivity index (χ3v) is 15.2. The van der Waals surface area contributed by atoms with Gasteiger partial charge in [-0.15, -0.1) is 0 Å². The molecule has 0 fully saturated rings. The number of furan rings is 2. The van der Waals surface area contributed by atoms with E-state index in [4.69, 9.17) is 8.83 Å². The predicted molar refractivity (Wildman–Crippen MR) is 287 cm³/mol. The van der Waals surface area contributed by atoms with Crippen molar-refractivity contribution in [3.05, 3.63) is 199 Å². The maximum Gasteiger partial charge on any atom is 0.198 e. The van der Waals surface area contributed by atoms with Crippen molar-refractivity contribution in [2.24, 2.45) is 0 Å². The van der Waals surface area contributed by atoms with Crippen molar-refractivity contribution in [2.45, 2.75) is 45.4 Å². The molecule has 2 aliphatic rings. The van der Waals surface area contributed by atoms with E-state index in [0.29, 0.717) is 0 Å². The number of fused-ring (bicyclic) bond motifs is 12. The van der Waals surface area contributed by atoms with Gasteiger partial charge >= 0.3 is 0 Å². The quantitative estimate of drug-likeness (QED) is 0.175. The number of nitrogens with one attached hydrogen (secondary N) is 1. The van der Waals surface area contributed by atoms with Gasteiger partial charge < -0.3 is 18.7 Å². The van der Waals surface area contributed by atoms with Gasteiger partial charge in [0.05, 0.1) is 5.52 Å². The molecule has 0 saturated heterocycles. The second-order valence-corrected chi connectivity index (χ2v) is 20.5. The predicted octanol–water partition coefficient (Wildman–Crippen LogP) is 15.5. The molecule has 4 nitrogen and oxygen atoms in total. The zero-order valence-corrected chi connectivity index (χ0v) is 38.8. The van der Waals surface area contributed by atoms with Crippen molar-refractivity contribution in [3.8, 4) is 50.4 Å². The van der Waals surface area contributed by atoms with Crippen LogP contribution in [0.2, 0.25) is 0 Å². The summed E-state index contributed by atoms with van der Waals surface area (Å²) in [6.07, 6.45) is 0. The second-order valence-electron chi connectivity index (χ2n) is 20.5. The highest BCUT2D eigenvalue weighted by molar-refractivity contribution is 6.73. The van der Waals surface area contributed by atoms with E-state index in [-0.39, 0.29) is 10.8 Å². The number of hydrogen-bond donors (Lipinski definition) is 1. The van der Waals surface area contributed by atoms with E-state index in [2.05, 4.69) is 226 Å². The number of para-hydroxylation sites is 1. The Labute approximate surface area is 395 Å². The third kappa shape index (κ3) is 5.62. The topological polar surface area (TPSA) is 43.2 Å². The lowest BCUT2D eigenvalue weighted by molar-refractivity contribution is 0.590. The van der Waals surface area contributed by atoms with Crippen LogP contribution in [0.15, 0.2) is 191 Å². The van der Waals surface area contributed by atoms with E-state index < -0.39 is 0 Å². The standard InChI is InChI=1S/C63H47BN2O2/c1-62(2,3)38-24-26-39(27-25-38)65-52-33-50-44(40-20-12-14-22-49(40)63(50,4)5)30-45(52)42-28-29-43-46-31-47-41-21-13-15-23-55(41)67-57(47)35-53(46)66-54-32-48-56(34-51(54)64-59(42)60(43)66)68-61(37-18-10-7-11-19-37)58(48)36-16-8-6-9-17-36/h6-35,64-65H,1-5H3. The largest absolute Gasteiger partial charge is 0.456 e. The molecular weight excluding hydrogens is 828 g/mol. The van der Waals surface area contributed by atoms with Gasteiger partial charge in [0.2, 0.25) is 0 Å². The second kappa shape index (κ2) is 14.0. The molecule has 9 aromatic carbocycles. The van der Waals surface area contributed by atoms with Crippen LogP contribution >= 0.6 is 0 Å². The fourth-order valence-corrected chi connectivity index (χ4v) is 11.8. The van der Waals surface area contributed by atoms with Gasteiger partial charge in [0, 0.05) is 77.7 Å². The lowest BCUT2D eigenvalue weighted by Crippen LogP contribution is -2.37. The van der Waals surface area contributed by atoms with Gasteiger partial charge in [0.25, 0.3) is 0 Å². The highest BCUT2D eigenvalue weighted by Crippen LogP contribution is 2.52. The summed E-state index contributed by atoms with van der Waals surface area (Å²) in [5.74, 6) is 0.881. The molecule has 1 aliphatic carbocycles. The van der Waals surface area contributed by atoms with Crippen molar-refractivity contribution < 1.29 is 8.83 Å². The van der Waals surface area contributed by atoms with Crippen molar-refractivity contribution in [2.75, 3.05) is 5.32 Å². The Balaban J connectivity index is 1.06. The minimum absolute atomic E-state index is 0.0585. The van der Waals surface area contributed by atoms with Gasteiger partial charge in [-0.05, 0) is 98.4 Å². The molecule has 5 heteroatoms. The van der Waals surface area contributed by atoms with Crippen LogP contribution in [0.5, 0.6) is 0 Å². The van der Waals surface area contributed by atoms with E-state index in [1.54, 1.807) is 0 Å². The molecule has 0 amide bonds. The van der Waals surface area contributed by atoms with Crippen LogP contribution in [-0.4, -0.2) is 11.8 Å². The van der Waals surface area contributed by atoms with Crippen LogP contribution in [-0.2, 0) is 10.8 Å². The molecule has 68 heavy (non-hydrogen) atoms. The molecule has 1 N–H and O–H groups in total. The fraction of sp³-hybridized carbons (Fsp3) is 0.111. The molecular formula is C63H47BN2O2. The molecule has 12 aromatic rings. The number of anilines is 2. The molecule has 1 aliphatic heterocycles. The SMILES string of the molecule is CC(C)(C)c1ccc(Nc2cc3c(cc2-c2ccc4c5cc6c(cc5n5c4c2Bc2cc4oc(-c7ccccc7)c(-c7ccccc7)c4cc2-5)oc2ccccc26)-c2ccccc2C3(C)C)cc1. The number of nitrogens with zero attached hydrogens (tertiary/aromatic N) is 1. The number of rotatable bonds is 5. The summed E-state index contributed by atoms with van der Waals surface area (Å²) in [6.45, 7) is 11.5. The van der Waals surface area contributed by atoms with E-state index in [9.17, 15) is 0 Å². The summed E-state index contributed by atoms with van der Waals surface area (Å²) in [4.78, 5) is 0. The molecule has 0 atom stereocenters. The third-order valence-electron chi connectivity index (χ3n) is 15.2. The maximum atomic E-state index is 7.03. The molecule has 0 radical (unpaired) electrons. The van der Waals surface area contributed by atoms with Gasteiger partial charge in [-0.2, -0.15) is 0 Å². The Morgan fingerprint density at radius 1 is 0.515 bits per heavy atom. The molecule has 0 spiro atoms. The van der Waals surface area contributed by atoms with Crippen LogP contribution in [0.1, 0.15) is 51.3 Å². The summed E-state index contributed by atoms with van der Waals surface area (Å²) < 4.78 is 16.2. The first-order valence-electron chi connectivity index (χ1n) is 23.9.